The highest BCUT2D eigenvalue weighted by molar-refractivity contribution is 7.99. The molecular formula is C24H20ClN3O2S. The predicted molar refractivity (Wildman–Crippen MR) is 123 cm³/mol. The summed E-state index contributed by atoms with van der Waals surface area (Å²) < 4.78 is 5.70. The molecule has 1 heterocycles. The molecule has 0 saturated carbocycles. The summed E-state index contributed by atoms with van der Waals surface area (Å²) in [7, 11) is 1.82. The maximum Gasteiger partial charge on any atom is 0.277 e. The highest BCUT2D eigenvalue weighted by Crippen LogP contribution is 2.30. The molecule has 31 heavy (non-hydrogen) atoms. The third kappa shape index (κ3) is 4.98. The summed E-state index contributed by atoms with van der Waals surface area (Å²) in [5, 5.41) is 8.96. The molecule has 0 atom stereocenters. The number of hydrogen-bond donors (Lipinski definition) is 0. The molecule has 4 rings (SSSR count). The molecule has 0 fully saturated rings. The largest absolute Gasteiger partial charge is 0.411 e. The lowest BCUT2D eigenvalue weighted by atomic mass is 9.97. The van der Waals surface area contributed by atoms with Gasteiger partial charge < -0.3 is 9.32 Å². The van der Waals surface area contributed by atoms with E-state index in [0.717, 1.165) is 11.1 Å². The van der Waals surface area contributed by atoms with Gasteiger partial charge in [0.15, 0.2) is 0 Å². The van der Waals surface area contributed by atoms with Gasteiger partial charge in [0.1, 0.15) is 0 Å². The Kier molecular flexibility index (Phi) is 6.70. The minimum absolute atomic E-state index is 0.0415. The zero-order valence-electron chi connectivity index (χ0n) is 16.8. The van der Waals surface area contributed by atoms with Crippen LogP contribution in [0.25, 0.3) is 11.5 Å². The van der Waals surface area contributed by atoms with Crippen LogP contribution in [-0.2, 0) is 4.79 Å². The second kappa shape index (κ2) is 9.81. The van der Waals surface area contributed by atoms with Crippen molar-refractivity contribution in [3.05, 3.63) is 101 Å². The van der Waals surface area contributed by atoms with Crippen LogP contribution in [0.4, 0.5) is 0 Å². The van der Waals surface area contributed by atoms with E-state index in [-0.39, 0.29) is 17.7 Å². The smallest absolute Gasteiger partial charge is 0.277 e. The van der Waals surface area contributed by atoms with Gasteiger partial charge in [-0.05, 0) is 23.3 Å². The number of carbonyl (C=O) groups is 1. The maximum atomic E-state index is 13.0. The van der Waals surface area contributed by atoms with Crippen LogP contribution in [0.1, 0.15) is 17.2 Å². The van der Waals surface area contributed by atoms with Crippen molar-refractivity contribution >= 4 is 29.3 Å². The summed E-state index contributed by atoms with van der Waals surface area (Å²) >= 11 is 7.40. The van der Waals surface area contributed by atoms with E-state index in [1.165, 1.54) is 11.8 Å². The zero-order valence-corrected chi connectivity index (χ0v) is 18.4. The Morgan fingerprint density at radius 2 is 1.52 bits per heavy atom. The van der Waals surface area contributed by atoms with Crippen molar-refractivity contribution in [1.29, 1.82) is 0 Å². The summed E-state index contributed by atoms with van der Waals surface area (Å²) in [4.78, 5) is 14.8. The van der Waals surface area contributed by atoms with Gasteiger partial charge in [-0.25, -0.2) is 0 Å². The van der Waals surface area contributed by atoms with Crippen molar-refractivity contribution in [2.75, 3.05) is 12.8 Å². The van der Waals surface area contributed by atoms with Crippen LogP contribution in [0.5, 0.6) is 0 Å². The molecule has 0 spiro atoms. The summed E-state index contributed by atoms with van der Waals surface area (Å²) in [5.41, 5.74) is 2.77. The summed E-state index contributed by atoms with van der Waals surface area (Å²) in [5.74, 6) is 0.470. The van der Waals surface area contributed by atoms with Gasteiger partial charge in [-0.3, -0.25) is 4.79 Å². The number of rotatable bonds is 7. The van der Waals surface area contributed by atoms with Gasteiger partial charge in [0.05, 0.1) is 22.4 Å². The second-order valence-electron chi connectivity index (χ2n) is 6.87. The standard InChI is InChI=1S/C24H20ClN3O2S/c1-28(22(17-10-4-2-5-11-17)18-12-6-3-7-13-18)21(29)16-31-24-27-26-23(30-24)19-14-8-9-15-20(19)25/h2-15,22H,16H2,1H3. The van der Waals surface area contributed by atoms with Crippen LogP contribution in [-0.4, -0.2) is 33.8 Å². The summed E-state index contributed by atoms with van der Waals surface area (Å²) in [6.45, 7) is 0. The third-order valence-corrected chi connectivity index (χ3v) is 5.97. The minimum Gasteiger partial charge on any atom is -0.411 e. The van der Waals surface area contributed by atoms with Gasteiger partial charge in [0.25, 0.3) is 5.22 Å². The van der Waals surface area contributed by atoms with E-state index >= 15 is 0 Å². The fraction of sp³-hybridized carbons (Fsp3) is 0.125. The SMILES string of the molecule is CN(C(=O)CSc1nnc(-c2ccccc2Cl)o1)C(c1ccccc1)c1ccccc1. The molecule has 1 amide bonds. The van der Waals surface area contributed by atoms with Crippen LogP contribution in [0, 0.1) is 0 Å². The summed E-state index contributed by atoms with van der Waals surface area (Å²) in [6.07, 6.45) is 0. The van der Waals surface area contributed by atoms with Gasteiger partial charge in [0.2, 0.25) is 11.8 Å². The molecule has 0 aliphatic carbocycles. The minimum atomic E-state index is -0.183. The zero-order chi connectivity index (χ0) is 21.6. The van der Waals surface area contributed by atoms with Gasteiger partial charge in [-0.15, -0.1) is 10.2 Å². The van der Waals surface area contributed by atoms with E-state index in [4.69, 9.17) is 16.0 Å². The Bertz CT molecular complexity index is 1110. The van der Waals surface area contributed by atoms with E-state index < -0.39 is 0 Å². The molecule has 0 bridgehead atoms. The number of nitrogens with zero attached hydrogens (tertiary/aromatic N) is 3. The molecule has 3 aromatic carbocycles. The van der Waals surface area contributed by atoms with E-state index in [2.05, 4.69) is 10.2 Å². The van der Waals surface area contributed by atoms with Crippen LogP contribution in [0.15, 0.2) is 94.6 Å². The molecule has 4 aromatic rings. The normalized spacial score (nSPS) is 10.9. The third-order valence-electron chi connectivity index (χ3n) is 4.84. The van der Waals surface area contributed by atoms with Crippen molar-refractivity contribution in [2.24, 2.45) is 0 Å². The van der Waals surface area contributed by atoms with Crippen LogP contribution in [0.2, 0.25) is 5.02 Å². The number of amides is 1. The molecule has 7 heteroatoms. The Balaban J connectivity index is 1.48. The van der Waals surface area contributed by atoms with E-state index in [1.54, 1.807) is 11.0 Å². The molecular weight excluding hydrogens is 430 g/mol. The fourth-order valence-electron chi connectivity index (χ4n) is 3.29. The monoisotopic (exact) mass is 449 g/mol. The van der Waals surface area contributed by atoms with E-state index in [9.17, 15) is 4.79 Å². The van der Waals surface area contributed by atoms with Crippen molar-refractivity contribution in [3.8, 4) is 11.5 Å². The molecule has 0 aliphatic rings. The number of halogens is 1. The first-order valence-electron chi connectivity index (χ1n) is 9.70. The summed E-state index contributed by atoms with van der Waals surface area (Å²) in [6, 6.07) is 27.1. The van der Waals surface area contributed by atoms with Crippen LogP contribution in [0.3, 0.4) is 0 Å². The lowest BCUT2D eigenvalue weighted by Crippen LogP contribution is -2.33. The first kappa shape index (κ1) is 21.2. The number of carbonyl (C=O) groups excluding carboxylic acids is 1. The lowest BCUT2D eigenvalue weighted by Gasteiger charge is -2.29. The average Bonchev–Trinajstić information content (AvgIpc) is 3.28. The topological polar surface area (TPSA) is 59.2 Å². The van der Waals surface area contributed by atoms with Crippen molar-refractivity contribution < 1.29 is 9.21 Å². The van der Waals surface area contributed by atoms with E-state index in [0.29, 0.717) is 21.7 Å². The molecule has 0 N–H and O–H groups in total. The first-order valence-corrected chi connectivity index (χ1v) is 11.1. The Labute approximate surface area is 190 Å². The van der Waals surface area contributed by atoms with Gasteiger partial charge >= 0.3 is 0 Å². The Morgan fingerprint density at radius 1 is 0.935 bits per heavy atom. The molecule has 0 radical (unpaired) electrons. The number of hydrogen-bond acceptors (Lipinski definition) is 5. The number of aromatic nitrogens is 2. The maximum absolute atomic E-state index is 13.0. The lowest BCUT2D eigenvalue weighted by molar-refractivity contribution is -0.128. The molecule has 0 unspecified atom stereocenters. The highest BCUT2D eigenvalue weighted by atomic mass is 35.5. The molecule has 5 nitrogen and oxygen atoms in total. The van der Waals surface area contributed by atoms with Crippen molar-refractivity contribution in [1.82, 2.24) is 15.1 Å². The fourth-order valence-corrected chi connectivity index (χ4v) is 4.19. The van der Waals surface area contributed by atoms with Crippen molar-refractivity contribution in [2.45, 2.75) is 11.3 Å². The van der Waals surface area contributed by atoms with Crippen LogP contribution >= 0.6 is 23.4 Å². The van der Waals surface area contributed by atoms with Gasteiger partial charge in [0, 0.05) is 7.05 Å². The van der Waals surface area contributed by atoms with Crippen molar-refractivity contribution in [3.63, 3.8) is 0 Å². The van der Waals surface area contributed by atoms with Crippen LogP contribution < -0.4 is 0 Å². The Hall–Kier alpha value is -3.09. The predicted octanol–water partition coefficient (Wildman–Crippen LogP) is 5.73. The molecule has 156 valence electrons. The number of thioether (sulfide) groups is 1. The molecule has 1 aromatic heterocycles. The Morgan fingerprint density at radius 3 is 2.13 bits per heavy atom. The molecule has 0 saturated heterocycles. The second-order valence-corrected chi connectivity index (χ2v) is 8.20. The number of benzene rings is 3. The quantitative estimate of drug-likeness (QED) is 0.337. The highest BCUT2D eigenvalue weighted by Gasteiger charge is 2.24. The molecule has 0 aliphatic heterocycles. The first-order chi connectivity index (χ1) is 15.1. The van der Waals surface area contributed by atoms with Gasteiger partial charge in [-0.2, -0.15) is 0 Å². The average molecular weight is 450 g/mol. The van der Waals surface area contributed by atoms with Gasteiger partial charge in [-0.1, -0.05) is 96.2 Å². The van der Waals surface area contributed by atoms with E-state index in [1.807, 2.05) is 85.9 Å².